The Morgan fingerprint density at radius 3 is 1.51 bits per heavy atom. The Morgan fingerprint density at radius 1 is 0.633 bits per heavy atom. The molecule has 3 unspecified atom stereocenters. The molecule has 0 bridgehead atoms. The molecule has 9 rings (SSSR count). The van der Waals surface area contributed by atoms with Crippen LogP contribution in [0.5, 0.6) is 17.2 Å². The van der Waals surface area contributed by atoms with Gasteiger partial charge in [0.2, 0.25) is 0 Å². The number of benzene rings is 5. The zero-order chi connectivity index (χ0) is 65.0. The van der Waals surface area contributed by atoms with E-state index in [9.17, 15) is 46.8 Å². The van der Waals surface area contributed by atoms with Gasteiger partial charge in [0.25, 0.3) is 25.7 Å². The van der Waals surface area contributed by atoms with E-state index in [2.05, 4.69) is 5.32 Å². The van der Waals surface area contributed by atoms with E-state index in [0.717, 1.165) is 32.9 Å². The van der Waals surface area contributed by atoms with Crippen LogP contribution in [0.4, 0.5) is 15.3 Å². The Balaban J connectivity index is 0.000000202. The maximum absolute atomic E-state index is 13.6. The molecule has 1 amide bonds. The smallest absolute Gasteiger partial charge is 0.497 e. The number of ether oxygens (including phenoxy) is 9. The molecule has 90 heavy (non-hydrogen) atoms. The van der Waals surface area contributed by atoms with Crippen molar-refractivity contribution < 1.29 is 93.9 Å². The Kier molecular flexibility index (Phi) is 26.6. The second-order valence-corrected chi connectivity index (χ2v) is 25.3. The molecular formula is C62H81N5O21S2. The lowest BCUT2D eigenvalue weighted by atomic mass is 10.0. The van der Waals surface area contributed by atoms with Crippen molar-refractivity contribution in [1.29, 1.82) is 0 Å². The van der Waals surface area contributed by atoms with Crippen molar-refractivity contribution in [3.8, 4) is 17.2 Å². The number of nitrogens with zero attached hydrogens (tertiary/aromatic N) is 3. The minimum Gasteiger partial charge on any atom is -0.497 e. The number of nitrogens with one attached hydrogen (secondary N) is 1. The van der Waals surface area contributed by atoms with E-state index in [1.165, 1.54) is 74.9 Å². The van der Waals surface area contributed by atoms with Crippen molar-refractivity contribution in [3.63, 3.8) is 0 Å². The molecule has 5 N–H and O–H groups in total. The van der Waals surface area contributed by atoms with Crippen LogP contribution in [0.3, 0.4) is 0 Å². The number of fused-ring (bicyclic) bond motifs is 2. The molecule has 5 aromatic carbocycles. The summed E-state index contributed by atoms with van der Waals surface area (Å²) in [4.78, 5) is 46.1. The highest BCUT2D eigenvalue weighted by molar-refractivity contribution is 7.89. The largest absolute Gasteiger partial charge is 0.514 e. The number of methoxy groups -OCH3 is 2. The van der Waals surface area contributed by atoms with Gasteiger partial charge in [-0.2, -0.15) is 0 Å². The highest BCUT2D eigenvalue weighted by Gasteiger charge is 2.46. The van der Waals surface area contributed by atoms with Gasteiger partial charge in [0, 0.05) is 18.2 Å². The molecular weight excluding hydrogens is 1210 g/mol. The molecule has 12 atom stereocenters. The summed E-state index contributed by atoms with van der Waals surface area (Å²) in [5.74, 6) is 1.22. The lowest BCUT2D eigenvalue weighted by Crippen LogP contribution is -2.51. The van der Waals surface area contributed by atoms with Crippen molar-refractivity contribution in [2.24, 2.45) is 17.6 Å². The fourth-order valence-electron chi connectivity index (χ4n) is 9.72. The number of amides is 1. The molecule has 0 aliphatic carbocycles. The van der Waals surface area contributed by atoms with Gasteiger partial charge < -0.3 is 63.9 Å². The van der Waals surface area contributed by atoms with Crippen LogP contribution >= 0.6 is 0 Å². The van der Waals surface area contributed by atoms with Gasteiger partial charge >= 0.3 is 12.2 Å². The average Bonchev–Trinajstić information content (AvgIpc) is 1.37. The molecule has 26 nitrogen and oxygen atoms in total. The number of hydrogen-bond donors (Lipinski definition) is 4. The predicted octanol–water partition coefficient (Wildman–Crippen LogP) is 7.09. The Hall–Kier alpha value is -6.90. The number of hydrogen-bond acceptors (Lipinski definition) is 22. The van der Waals surface area contributed by atoms with Crippen molar-refractivity contribution in [2.45, 2.75) is 137 Å². The van der Waals surface area contributed by atoms with E-state index in [1.807, 2.05) is 74.5 Å². The fourth-order valence-corrected chi connectivity index (χ4v) is 12.4. The molecule has 492 valence electrons. The highest BCUT2D eigenvalue weighted by atomic mass is 32.2. The van der Waals surface area contributed by atoms with E-state index in [-0.39, 0.29) is 84.0 Å². The summed E-state index contributed by atoms with van der Waals surface area (Å²) in [6.07, 6.45) is -3.06. The highest BCUT2D eigenvalue weighted by Crippen LogP contribution is 2.35. The predicted molar refractivity (Wildman–Crippen MR) is 325 cm³/mol. The molecule has 4 heterocycles. The third kappa shape index (κ3) is 20.0. The molecule has 4 fully saturated rings. The molecule has 0 saturated carbocycles. The Labute approximate surface area is 524 Å². The van der Waals surface area contributed by atoms with E-state index in [4.69, 9.17) is 58.0 Å². The number of nitrogens with two attached hydrogens (primary N) is 1. The molecule has 4 aliphatic heterocycles. The first-order valence-corrected chi connectivity index (χ1v) is 32.4. The van der Waals surface area contributed by atoms with Gasteiger partial charge in [-0.25, -0.2) is 26.4 Å². The molecule has 4 aliphatic rings. The van der Waals surface area contributed by atoms with Gasteiger partial charge in [-0.1, -0.05) is 83.4 Å². The van der Waals surface area contributed by atoms with Crippen LogP contribution in [0, 0.1) is 22.0 Å². The van der Waals surface area contributed by atoms with Gasteiger partial charge in [-0.3, -0.25) is 19.8 Å². The van der Waals surface area contributed by atoms with Crippen LogP contribution in [-0.4, -0.2) is 168 Å². The van der Waals surface area contributed by atoms with Crippen LogP contribution < -0.4 is 25.3 Å². The molecule has 4 saturated heterocycles. The monoisotopic (exact) mass is 1300 g/mol. The molecule has 28 heteroatoms. The minimum atomic E-state index is -4.17. The van der Waals surface area contributed by atoms with E-state index >= 15 is 0 Å². The van der Waals surface area contributed by atoms with E-state index < -0.39 is 80.3 Å². The summed E-state index contributed by atoms with van der Waals surface area (Å²) in [6, 6.07) is 34.3. The second-order valence-electron chi connectivity index (χ2n) is 21.7. The van der Waals surface area contributed by atoms with Crippen molar-refractivity contribution >= 4 is 38.0 Å². The number of non-ortho nitro benzene ring substituents is 1. The third-order valence-corrected chi connectivity index (χ3v) is 18.5. The molecule has 0 spiro atoms. The number of rotatable bonds is 27. The molecule has 0 radical (unpaired) electrons. The zero-order valence-corrected chi connectivity index (χ0v) is 52.6. The number of alkyl carbamates (subject to hydrolysis) is 1. The van der Waals surface area contributed by atoms with Gasteiger partial charge in [-0.05, 0) is 124 Å². The summed E-state index contributed by atoms with van der Waals surface area (Å²) >= 11 is 0. The summed E-state index contributed by atoms with van der Waals surface area (Å²) in [7, 11) is -5.17. The van der Waals surface area contributed by atoms with Gasteiger partial charge in [-0.15, -0.1) is 0 Å². The lowest BCUT2D eigenvalue weighted by Gasteiger charge is -2.30. The summed E-state index contributed by atoms with van der Waals surface area (Å²) in [5, 5.41) is 35.2. The van der Waals surface area contributed by atoms with Crippen molar-refractivity contribution in [1.82, 2.24) is 14.3 Å². The Morgan fingerprint density at radius 2 is 1.07 bits per heavy atom. The van der Waals surface area contributed by atoms with Crippen molar-refractivity contribution in [3.05, 3.63) is 155 Å². The topological polar surface area (TPSA) is 332 Å². The first-order valence-electron chi connectivity index (χ1n) is 29.5. The first kappa shape index (κ1) is 70.6. The standard InChI is InChI=1S/C28H38N2O9S.C21H30N2O5S.C13H13NO7/c1-4-19(2)39-30(40(33,34)22-12-10-21(35-3)11-13-22)17-25(31)24(16-20-8-6-5-7-9-20)29-28(32)38-26-18-37-27-23(26)14-15-36-27;1-4-16(2)28-23(29(25,26)19-12-10-18(27-3)11-13-19)15-21(24)20(22)14-17-8-6-5-7-9-17;15-13(20-9-3-1-8(2-4-9)14(16)17)21-11-7-19-12-10(11)5-6-18-12/h5-13,19,23-27,31H,4,14-18H2,1-3H3,(H,29,32);5-13,16,20-21,24H,4,14-15,22H2,1-3H3;1-4,10-12H,5-7H2/t19?,23-,24-,25+,26?,27+;16?,20-,21+;10-,11-,12+/m000/s1. The van der Waals surface area contributed by atoms with Crippen LogP contribution in [-0.2, 0) is 71.0 Å². The fraction of sp³-hybridized carbons (Fsp3) is 0.484. The second kappa shape index (κ2) is 34.0. The summed E-state index contributed by atoms with van der Waals surface area (Å²) in [6.45, 7) is 8.20. The van der Waals surface area contributed by atoms with Crippen LogP contribution in [0.15, 0.2) is 143 Å². The molecule has 0 aromatic heterocycles. The number of carbonyl (C=O) groups excluding carboxylic acids is 2. The van der Waals surface area contributed by atoms with Crippen LogP contribution in [0.25, 0.3) is 0 Å². The van der Waals surface area contributed by atoms with Crippen molar-refractivity contribution in [2.75, 3.05) is 53.7 Å². The number of carbonyl (C=O) groups is 2. The quantitative estimate of drug-likeness (QED) is 0.0176. The van der Waals surface area contributed by atoms with E-state index in [0.29, 0.717) is 44.0 Å². The Bertz CT molecular complexity index is 3250. The van der Waals surface area contributed by atoms with Crippen LogP contribution in [0.1, 0.15) is 64.5 Å². The van der Waals surface area contributed by atoms with E-state index in [1.54, 1.807) is 26.0 Å². The number of hydroxylamine groups is 2. The first-order chi connectivity index (χ1) is 43.1. The summed E-state index contributed by atoms with van der Waals surface area (Å²) in [5.41, 5.74) is 7.86. The minimum absolute atomic E-state index is 0.0228. The van der Waals surface area contributed by atoms with Gasteiger partial charge in [0.1, 0.15) is 29.5 Å². The SMILES string of the molecule is CCC(C)ON(C[C@@H](O)[C@@H](N)Cc1ccccc1)S(=O)(=O)c1ccc(OC)cc1.CCC(C)ON(C[C@@H](O)[C@H](Cc1ccccc1)NC(=O)OC1CO[C@H]2OCC[C@@H]12)S(=O)(=O)c1ccc(OC)cc1.O=C(Oc1ccc([N+](=O)[O-])cc1)O[C@H]1CO[C@H]2OCC[C@H]21. The molecule has 5 aromatic rings. The van der Waals surface area contributed by atoms with Crippen LogP contribution in [0.2, 0.25) is 0 Å². The normalized spacial score (nSPS) is 21.4. The number of nitro benzene ring substituents is 1. The average molecular weight is 1300 g/mol. The maximum atomic E-state index is 13.6. The zero-order valence-electron chi connectivity index (χ0n) is 51.0. The lowest BCUT2D eigenvalue weighted by molar-refractivity contribution is -0.384. The number of aliphatic hydroxyl groups excluding tert-OH is 2. The number of nitro groups is 1. The van der Waals surface area contributed by atoms with Gasteiger partial charge in [0.05, 0.1) is 111 Å². The number of sulfonamides is 2. The summed E-state index contributed by atoms with van der Waals surface area (Å²) < 4.78 is 103. The number of aliphatic hydroxyl groups is 2. The third-order valence-electron chi connectivity index (χ3n) is 15.3. The maximum Gasteiger partial charge on any atom is 0.514 e. The van der Waals surface area contributed by atoms with Gasteiger partial charge in [0.15, 0.2) is 12.6 Å².